The third-order valence-corrected chi connectivity index (χ3v) is 4.55. The summed E-state index contributed by atoms with van der Waals surface area (Å²) in [7, 11) is 0. The summed E-state index contributed by atoms with van der Waals surface area (Å²) in [6, 6.07) is 14.4. The average Bonchev–Trinajstić information content (AvgIpc) is 2.65. The number of rotatable bonds is 6. The first kappa shape index (κ1) is 17.4. The van der Waals surface area contributed by atoms with Crippen molar-refractivity contribution >= 4 is 11.7 Å². The van der Waals surface area contributed by atoms with E-state index in [2.05, 4.69) is 44.8 Å². The molecule has 1 aromatic heterocycles. The van der Waals surface area contributed by atoms with Gasteiger partial charge in [0.2, 0.25) is 0 Å². The van der Waals surface area contributed by atoms with Crippen molar-refractivity contribution in [3.63, 3.8) is 0 Å². The molecular formula is C20H26N4O. The van der Waals surface area contributed by atoms with Crippen LogP contribution in [0.4, 0.5) is 5.82 Å². The molecule has 0 aliphatic carbocycles. The van der Waals surface area contributed by atoms with Gasteiger partial charge in [0.1, 0.15) is 5.82 Å². The lowest BCUT2D eigenvalue weighted by atomic mass is 10.0. The molecule has 2 aromatic rings. The fraction of sp³-hybridized carbons (Fsp3) is 0.400. The zero-order valence-corrected chi connectivity index (χ0v) is 14.7. The summed E-state index contributed by atoms with van der Waals surface area (Å²) < 4.78 is 0. The van der Waals surface area contributed by atoms with Crippen molar-refractivity contribution in [2.45, 2.75) is 32.4 Å². The molecule has 0 unspecified atom stereocenters. The quantitative estimate of drug-likeness (QED) is 0.850. The van der Waals surface area contributed by atoms with E-state index in [1.54, 1.807) is 12.3 Å². The maximum atomic E-state index is 12.5. The Morgan fingerprint density at radius 2 is 1.96 bits per heavy atom. The monoisotopic (exact) mass is 338 g/mol. The van der Waals surface area contributed by atoms with E-state index in [4.69, 9.17) is 0 Å². The number of nitrogens with one attached hydrogen (secondary N) is 2. The third kappa shape index (κ3) is 5.03. The zero-order chi connectivity index (χ0) is 17.5. The minimum atomic E-state index is -0.0111. The first-order valence-electron chi connectivity index (χ1n) is 9.01. The number of piperidine rings is 1. The predicted octanol–water partition coefficient (Wildman–Crippen LogP) is 2.91. The molecule has 1 saturated heterocycles. The molecule has 1 aliphatic heterocycles. The van der Waals surface area contributed by atoms with Crippen molar-refractivity contribution in [2.75, 3.05) is 25.0 Å². The fourth-order valence-electron chi connectivity index (χ4n) is 3.20. The van der Waals surface area contributed by atoms with Gasteiger partial charge in [-0.25, -0.2) is 4.98 Å². The summed E-state index contributed by atoms with van der Waals surface area (Å²) in [6.45, 7) is 5.81. The summed E-state index contributed by atoms with van der Waals surface area (Å²) in [5.74, 6) is 0.732. The van der Waals surface area contributed by atoms with Crippen LogP contribution in [0.5, 0.6) is 0 Å². The number of anilines is 1. The molecule has 3 rings (SSSR count). The third-order valence-electron chi connectivity index (χ3n) is 4.55. The van der Waals surface area contributed by atoms with Crippen LogP contribution in [0.3, 0.4) is 0 Å². The summed E-state index contributed by atoms with van der Waals surface area (Å²) in [6.07, 6.45) is 3.66. The molecule has 0 atom stereocenters. The highest BCUT2D eigenvalue weighted by atomic mass is 16.1. The van der Waals surface area contributed by atoms with Gasteiger partial charge >= 0.3 is 0 Å². The van der Waals surface area contributed by atoms with Crippen LogP contribution in [-0.2, 0) is 6.54 Å². The van der Waals surface area contributed by atoms with E-state index in [0.29, 0.717) is 5.56 Å². The van der Waals surface area contributed by atoms with Gasteiger partial charge in [0.05, 0.1) is 0 Å². The second kappa shape index (κ2) is 8.62. The van der Waals surface area contributed by atoms with E-state index >= 15 is 0 Å². The normalized spacial score (nSPS) is 15.7. The fourth-order valence-corrected chi connectivity index (χ4v) is 3.20. The number of carbonyl (C=O) groups is 1. The molecule has 5 heteroatoms. The first-order chi connectivity index (χ1) is 12.2. The number of aromatic nitrogens is 1. The van der Waals surface area contributed by atoms with Gasteiger partial charge in [0, 0.05) is 44.0 Å². The summed E-state index contributed by atoms with van der Waals surface area (Å²) in [4.78, 5) is 19.1. The van der Waals surface area contributed by atoms with E-state index in [9.17, 15) is 4.79 Å². The molecule has 1 aromatic carbocycles. The maximum absolute atomic E-state index is 12.5. The van der Waals surface area contributed by atoms with Crippen molar-refractivity contribution in [2.24, 2.45) is 0 Å². The Morgan fingerprint density at radius 1 is 1.20 bits per heavy atom. The molecule has 2 N–H and O–H groups in total. The molecule has 1 amide bonds. The summed E-state index contributed by atoms with van der Waals surface area (Å²) in [5.41, 5.74) is 2.01. The highest BCUT2D eigenvalue weighted by Crippen LogP contribution is 2.15. The van der Waals surface area contributed by atoms with Crippen LogP contribution in [0.25, 0.3) is 0 Å². The Bertz CT molecular complexity index is 681. The molecule has 132 valence electrons. The average molecular weight is 338 g/mol. The second-order valence-electron chi connectivity index (χ2n) is 6.47. The van der Waals surface area contributed by atoms with Gasteiger partial charge in [0.25, 0.3) is 5.91 Å². The number of benzene rings is 1. The number of hydrogen-bond donors (Lipinski definition) is 2. The Hall–Kier alpha value is -2.40. The largest absolute Gasteiger partial charge is 0.370 e. The molecule has 0 bridgehead atoms. The predicted molar refractivity (Wildman–Crippen MR) is 101 cm³/mol. The number of nitrogens with zero attached hydrogens (tertiary/aromatic N) is 2. The van der Waals surface area contributed by atoms with Gasteiger partial charge in [-0.15, -0.1) is 0 Å². The van der Waals surface area contributed by atoms with Gasteiger partial charge in [-0.2, -0.15) is 0 Å². The van der Waals surface area contributed by atoms with Crippen LogP contribution >= 0.6 is 0 Å². The lowest BCUT2D eigenvalue weighted by Crippen LogP contribution is -2.44. The van der Waals surface area contributed by atoms with E-state index in [0.717, 1.165) is 44.8 Å². The van der Waals surface area contributed by atoms with Crippen molar-refractivity contribution in [1.29, 1.82) is 0 Å². The van der Waals surface area contributed by atoms with Crippen LogP contribution in [0.1, 0.15) is 35.7 Å². The van der Waals surface area contributed by atoms with Gasteiger partial charge in [-0.3, -0.25) is 9.69 Å². The lowest BCUT2D eigenvalue weighted by molar-refractivity contribution is 0.0909. The molecule has 2 heterocycles. The summed E-state index contributed by atoms with van der Waals surface area (Å²) >= 11 is 0. The number of hydrogen-bond acceptors (Lipinski definition) is 4. The van der Waals surface area contributed by atoms with Gasteiger partial charge < -0.3 is 10.6 Å². The van der Waals surface area contributed by atoms with Crippen molar-refractivity contribution in [3.05, 3.63) is 59.8 Å². The molecular weight excluding hydrogens is 312 g/mol. The summed E-state index contributed by atoms with van der Waals surface area (Å²) in [5, 5.41) is 6.31. The zero-order valence-electron chi connectivity index (χ0n) is 14.7. The topological polar surface area (TPSA) is 57.3 Å². The van der Waals surface area contributed by atoms with E-state index < -0.39 is 0 Å². The number of pyridine rings is 1. The van der Waals surface area contributed by atoms with Crippen LogP contribution in [0, 0.1) is 0 Å². The van der Waals surface area contributed by atoms with Crippen LogP contribution in [0.15, 0.2) is 48.7 Å². The second-order valence-corrected chi connectivity index (χ2v) is 6.47. The molecule has 25 heavy (non-hydrogen) atoms. The Kier molecular flexibility index (Phi) is 6.01. The number of amides is 1. The van der Waals surface area contributed by atoms with Crippen LogP contribution in [-0.4, -0.2) is 41.5 Å². The Labute approximate surface area is 149 Å². The number of likely N-dealkylation sites (tertiary alicyclic amines) is 1. The maximum Gasteiger partial charge on any atom is 0.251 e. The van der Waals surface area contributed by atoms with Gasteiger partial charge in [-0.1, -0.05) is 30.3 Å². The van der Waals surface area contributed by atoms with Crippen molar-refractivity contribution in [3.8, 4) is 0 Å². The first-order valence-corrected chi connectivity index (χ1v) is 9.01. The minimum Gasteiger partial charge on any atom is -0.370 e. The molecule has 1 aliphatic rings. The van der Waals surface area contributed by atoms with Crippen LogP contribution < -0.4 is 10.6 Å². The van der Waals surface area contributed by atoms with E-state index in [1.165, 1.54) is 5.56 Å². The molecule has 0 spiro atoms. The minimum absolute atomic E-state index is 0.0111. The van der Waals surface area contributed by atoms with Gasteiger partial charge in [0.15, 0.2) is 0 Å². The number of carbonyl (C=O) groups excluding carboxylic acids is 1. The lowest BCUT2D eigenvalue weighted by Gasteiger charge is -2.32. The van der Waals surface area contributed by atoms with E-state index in [1.807, 2.05) is 19.1 Å². The molecule has 1 fully saturated rings. The Morgan fingerprint density at radius 3 is 2.68 bits per heavy atom. The van der Waals surface area contributed by atoms with Crippen molar-refractivity contribution < 1.29 is 4.79 Å². The van der Waals surface area contributed by atoms with Crippen LogP contribution in [0.2, 0.25) is 0 Å². The highest BCUT2D eigenvalue weighted by molar-refractivity contribution is 5.95. The highest BCUT2D eigenvalue weighted by Gasteiger charge is 2.21. The Balaban J connectivity index is 1.48. The van der Waals surface area contributed by atoms with E-state index in [-0.39, 0.29) is 11.9 Å². The van der Waals surface area contributed by atoms with Gasteiger partial charge in [-0.05, 0) is 37.5 Å². The molecule has 0 radical (unpaired) electrons. The van der Waals surface area contributed by atoms with Crippen molar-refractivity contribution in [1.82, 2.24) is 15.2 Å². The smallest absolute Gasteiger partial charge is 0.251 e. The SMILES string of the molecule is CCNc1cc(C(=O)NC2CCN(Cc3ccccc3)CC2)ccn1. The standard InChI is InChI=1S/C20H26N4O/c1-2-21-19-14-17(8-11-22-19)20(25)23-18-9-12-24(13-10-18)15-16-6-4-3-5-7-16/h3-8,11,14,18H,2,9-10,12-13,15H2,1H3,(H,21,22)(H,23,25). The molecule has 5 nitrogen and oxygen atoms in total. The molecule has 0 saturated carbocycles.